The maximum absolute atomic E-state index is 12.7. The van der Waals surface area contributed by atoms with Gasteiger partial charge in [0.25, 0.3) is 5.91 Å². The number of rotatable bonds is 6. The molecule has 1 atom stereocenters. The Kier molecular flexibility index (Phi) is 6.34. The monoisotopic (exact) mass is 416 g/mol. The summed E-state index contributed by atoms with van der Waals surface area (Å²) in [7, 11) is -3.62. The van der Waals surface area contributed by atoms with Crippen molar-refractivity contribution in [3.8, 4) is 0 Å². The van der Waals surface area contributed by atoms with Crippen molar-refractivity contribution in [1.29, 1.82) is 0 Å². The number of hydrogen-bond donors (Lipinski definition) is 1. The zero-order valence-electron chi connectivity index (χ0n) is 16.4. The molecule has 8 heteroatoms. The van der Waals surface area contributed by atoms with Crippen LogP contribution in [0.3, 0.4) is 0 Å². The number of hydrogen-bond acceptors (Lipinski definition) is 5. The first-order valence-corrected chi connectivity index (χ1v) is 11.0. The van der Waals surface area contributed by atoms with Gasteiger partial charge in [-0.15, -0.1) is 0 Å². The zero-order valence-corrected chi connectivity index (χ0v) is 17.2. The summed E-state index contributed by atoms with van der Waals surface area (Å²) in [6, 6.07) is 13.6. The number of nitrogens with one attached hydrogen (secondary N) is 1. The third kappa shape index (κ3) is 5.02. The average molecular weight is 416 g/mol. The van der Waals surface area contributed by atoms with Gasteiger partial charge in [0.2, 0.25) is 10.0 Å². The van der Waals surface area contributed by atoms with Gasteiger partial charge in [-0.3, -0.25) is 9.59 Å². The zero-order chi connectivity index (χ0) is 21.0. The Hall–Kier alpha value is -2.71. The van der Waals surface area contributed by atoms with Crippen molar-refractivity contribution in [2.24, 2.45) is 0 Å². The lowest BCUT2D eigenvalue weighted by Gasteiger charge is -2.34. The molecule has 1 aliphatic rings. The molecular formula is C21H24N2O5S. The standard InChI is InChI=1S/C21H24N2O5S/c1-3-29(26,27)23-13-17-7-5-4-6-16(17)12-19(23)21(25)28-14-20(24)22-18-10-8-15(2)9-11-18/h4-11,19H,3,12-14H2,1-2H3,(H,22,24)/t19-/m0/s1. The molecule has 3 rings (SSSR count). The van der Waals surface area contributed by atoms with Gasteiger partial charge in [-0.1, -0.05) is 42.0 Å². The van der Waals surface area contributed by atoms with Crippen molar-refractivity contribution in [2.45, 2.75) is 32.9 Å². The van der Waals surface area contributed by atoms with Gasteiger partial charge in [-0.05, 0) is 37.1 Å². The van der Waals surface area contributed by atoms with Gasteiger partial charge >= 0.3 is 5.97 Å². The van der Waals surface area contributed by atoms with Crippen molar-refractivity contribution >= 4 is 27.6 Å². The fraction of sp³-hybridized carbons (Fsp3) is 0.333. The van der Waals surface area contributed by atoms with E-state index < -0.39 is 34.5 Å². The number of carbonyl (C=O) groups is 2. The highest BCUT2D eigenvalue weighted by Gasteiger charge is 2.39. The molecule has 0 spiro atoms. The van der Waals surface area contributed by atoms with Crippen LogP contribution in [-0.2, 0) is 37.3 Å². The second-order valence-electron chi connectivity index (χ2n) is 6.96. The topological polar surface area (TPSA) is 92.8 Å². The van der Waals surface area contributed by atoms with E-state index in [-0.39, 0.29) is 18.7 Å². The summed E-state index contributed by atoms with van der Waals surface area (Å²) in [6.45, 7) is 3.10. The second-order valence-corrected chi connectivity index (χ2v) is 9.17. The van der Waals surface area contributed by atoms with Crippen LogP contribution in [-0.4, -0.2) is 43.0 Å². The Labute approximate surface area is 170 Å². The van der Waals surface area contributed by atoms with E-state index in [4.69, 9.17) is 4.74 Å². The molecule has 2 aromatic rings. The highest BCUT2D eigenvalue weighted by molar-refractivity contribution is 7.89. The Bertz CT molecular complexity index is 1000. The summed E-state index contributed by atoms with van der Waals surface area (Å²) in [5.41, 5.74) is 3.43. The van der Waals surface area contributed by atoms with Gasteiger partial charge in [0.1, 0.15) is 6.04 Å². The predicted octanol–water partition coefficient (Wildman–Crippen LogP) is 2.25. The molecule has 1 heterocycles. The number of esters is 1. The number of benzene rings is 2. The van der Waals surface area contributed by atoms with Crippen LogP contribution >= 0.6 is 0 Å². The average Bonchev–Trinajstić information content (AvgIpc) is 2.72. The fourth-order valence-corrected chi connectivity index (χ4v) is 4.44. The number of aryl methyl sites for hydroxylation is 1. The SMILES string of the molecule is CCS(=O)(=O)N1Cc2ccccc2C[C@H]1C(=O)OCC(=O)Nc1ccc(C)cc1. The molecule has 0 saturated carbocycles. The minimum Gasteiger partial charge on any atom is -0.454 e. The molecule has 7 nitrogen and oxygen atoms in total. The maximum atomic E-state index is 12.7. The molecule has 0 unspecified atom stereocenters. The molecule has 1 aliphatic heterocycles. The van der Waals surface area contributed by atoms with Gasteiger partial charge in [-0.25, -0.2) is 8.42 Å². The van der Waals surface area contributed by atoms with E-state index in [2.05, 4.69) is 5.32 Å². The van der Waals surface area contributed by atoms with Crippen molar-refractivity contribution in [3.05, 3.63) is 65.2 Å². The molecule has 1 amide bonds. The van der Waals surface area contributed by atoms with Gasteiger partial charge in [0.05, 0.1) is 5.75 Å². The lowest BCUT2D eigenvalue weighted by Crippen LogP contribution is -2.50. The van der Waals surface area contributed by atoms with E-state index in [9.17, 15) is 18.0 Å². The largest absolute Gasteiger partial charge is 0.454 e. The number of fused-ring (bicyclic) bond motifs is 1. The highest BCUT2D eigenvalue weighted by Crippen LogP contribution is 2.26. The Balaban J connectivity index is 1.68. The van der Waals surface area contributed by atoms with E-state index in [0.717, 1.165) is 16.7 Å². The normalized spacial score (nSPS) is 16.7. The van der Waals surface area contributed by atoms with E-state index in [1.165, 1.54) is 11.2 Å². The van der Waals surface area contributed by atoms with E-state index in [1.54, 1.807) is 12.1 Å². The molecule has 1 N–H and O–H groups in total. The van der Waals surface area contributed by atoms with Gasteiger partial charge in [-0.2, -0.15) is 4.31 Å². The summed E-state index contributed by atoms with van der Waals surface area (Å²) < 4.78 is 31.4. The number of ether oxygens (including phenoxy) is 1. The Morgan fingerprint density at radius 2 is 1.76 bits per heavy atom. The van der Waals surface area contributed by atoms with E-state index in [0.29, 0.717) is 5.69 Å². The maximum Gasteiger partial charge on any atom is 0.325 e. The Morgan fingerprint density at radius 1 is 1.10 bits per heavy atom. The predicted molar refractivity (Wildman–Crippen MR) is 110 cm³/mol. The van der Waals surface area contributed by atoms with Crippen molar-refractivity contribution in [3.63, 3.8) is 0 Å². The first-order valence-electron chi connectivity index (χ1n) is 9.39. The van der Waals surface area contributed by atoms with Crippen LogP contribution in [0.2, 0.25) is 0 Å². The lowest BCUT2D eigenvalue weighted by atomic mass is 9.96. The van der Waals surface area contributed by atoms with Crippen molar-refractivity contribution < 1.29 is 22.7 Å². The molecule has 29 heavy (non-hydrogen) atoms. The van der Waals surface area contributed by atoms with E-state index >= 15 is 0 Å². The fourth-order valence-electron chi connectivity index (χ4n) is 3.22. The molecule has 0 fully saturated rings. The molecular weight excluding hydrogens is 392 g/mol. The first kappa shape index (κ1) is 21.0. The van der Waals surface area contributed by atoms with Crippen LogP contribution in [0, 0.1) is 6.92 Å². The van der Waals surface area contributed by atoms with Crippen LogP contribution in [0.4, 0.5) is 5.69 Å². The molecule has 0 aliphatic carbocycles. The summed E-state index contributed by atoms with van der Waals surface area (Å²) in [6.07, 6.45) is 0.216. The highest BCUT2D eigenvalue weighted by atomic mass is 32.2. The number of anilines is 1. The van der Waals surface area contributed by atoms with E-state index in [1.807, 2.05) is 43.3 Å². The number of sulfonamides is 1. The third-order valence-electron chi connectivity index (χ3n) is 4.88. The van der Waals surface area contributed by atoms with Crippen LogP contribution in [0.25, 0.3) is 0 Å². The smallest absolute Gasteiger partial charge is 0.325 e. The third-order valence-corrected chi connectivity index (χ3v) is 6.71. The number of carbonyl (C=O) groups excluding carboxylic acids is 2. The summed E-state index contributed by atoms with van der Waals surface area (Å²) in [5, 5.41) is 2.65. The molecule has 0 aromatic heterocycles. The van der Waals surface area contributed by atoms with Crippen LogP contribution in [0.5, 0.6) is 0 Å². The minimum absolute atomic E-state index is 0.113. The van der Waals surface area contributed by atoms with Gasteiger partial charge < -0.3 is 10.1 Å². The van der Waals surface area contributed by atoms with Crippen LogP contribution in [0.15, 0.2) is 48.5 Å². The van der Waals surface area contributed by atoms with Crippen LogP contribution < -0.4 is 5.32 Å². The summed E-state index contributed by atoms with van der Waals surface area (Å²) in [4.78, 5) is 24.8. The van der Waals surface area contributed by atoms with Gasteiger partial charge in [0, 0.05) is 18.7 Å². The van der Waals surface area contributed by atoms with Crippen molar-refractivity contribution in [1.82, 2.24) is 4.31 Å². The Morgan fingerprint density at radius 3 is 2.41 bits per heavy atom. The molecule has 2 aromatic carbocycles. The van der Waals surface area contributed by atoms with Gasteiger partial charge in [0.15, 0.2) is 6.61 Å². The molecule has 0 radical (unpaired) electrons. The minimum atomic E-state index is -3.62. The summed E-state index contributed by atoms with van der Waals surface area (Å²) >= 11 is 0. The van der Waals surface area contributed by atoms with Crippen LogP contribution in [0.1, 0.15) is 23.6 Å². The lowest BCUT2D eigenvalue weighted by molar-refractivity contribution is -0.151. The quantitative estimate of drug-likeness (QED) is 0.729. The molecule has 154 valence electrons. The molecule has 0 bridgehead atoms. The second kappa shape index (κ2) is 8.75. The summed E-state index contributed by atoms with van der Waals surface area (Å²) in [5.74, 6) is -1.33. The first-order chi connectivity index (χ1) is 13.8. The number of amides is 1. The molecule has 0 saturated heterocycles. The van der Waals surface area contributed by atoms with Crippen molar-refractivity contribution in [2.75, 3.05) is 17.7 Å². The number of nitrogens with zero attached hydrogens (tertiary/aromatic N) is 1.